The minimum absolute atomic E-state index is 0.0599. The predicted octanol–water partition coefficient (Wildman–Crippen LogP) is 5.25. The molecule has 2 atom stereocenters. The van der Waals surface area contributed by atoms with Crippen molar-refractivity contribution in [1.82, 2.24) is 15.5 Å². The average molecular weight is 532 g/mol. The molecule has 0 saturated heterocycles. The fraction of sp³-hybridized carbons (Fsp3) is 0.621. The number of terminal acetylenes is 1. The number of thiol groups is 1. The molecule has 8 heteroatoms. The first-order chi connectivity index (χ1) is 17.6. The Morgan fingerprint density at radius 1 is 1.03 bits per heavy atom. The highest BCUT2D eigenvalue weighted by atomic mass is 32.1. The molecule has 3 amide bonds. The number of hydrogen-bond donors (Lipinski definition) is 3. The van der Waals surface area contributed by atoms with E-state index < -0.39 is 23.8 Å². The van der Waals surface area contributed by atoms with Crippen LogP contribution < -0.4 is 10.6 Å². The summed E-state index contributed by atoms with van der Waals surface area (Å²) in [6, 6.07) is 5.28. The molecule has 7 nitrogen and oxygen atoms in total. The lowest BCUT2D eigenvalue weighted by Crippen LogP contribution is -2.54. The highest BCUT2D eigenvalue weighted by molar-refractivity contribution is 7.80. The van der Waals surface area contributed by atoms with Crippen molar-refractivity contribution in [2.75, 3.05) is 18.8 Å². The normalized spacial score (nSPS) is 12.7. The molecule has 0 bridgehead atoms. The second-order valence-electron chi connectivity index (χ2n) is 10.1. The van der Waals surface area contributed by atoms with Gasteiger partial charge in [-0.1, -0.05) is 64.0 Å². The van der Waals surface area contributed by atoms with E-state index in [4.69, 9.17) is 11.2 Å². The second kappa shape index (κ2) is 17.0. The molecule has 0 fully saturated rings. The van der Waals surface area contributed by atoms with Gasteiger partial charge in [-0.15, -0.1) is 6.42 Å². The van der Waals surface area contributed by atoms with Crippen LogP contribution in [0.4, 0.5) is 4.79 Å². The number of nitrogens with zero attached hydrogens (tertiary/aromatic N) is 1. The maximum atomic E-state index is 13.9. The fourth-order valence-electron chi connectivity index (χ4n) is 3.83. The third kappa shape index (κ3) is 12.0. The first-order valence-electron chi connectivity index (χ1n) is 13.3. The summed E-state index contributed by atoms with van der Waals surface area (Å²) in [4.78, 5) is 41.4. The van der Waals surface area contributed by atoms with Gasteiger partial charge in [-0.2, -0.15) is 12.6 Å². The zero-order valence-corrected chi connectivity index (χ0v) is 24.0. The van der Waals surface area contributed by atoms with Gasteiger partial charge in [0.25, 0.3) is 0 Å². The van der Waals surface area contributed by atoms with Crippen LogP contribution in [0, 0.1) is 12.3 Å². The minimum atomic E-state index is -0.954. The Kier molecular flexibility index (Phi) is 14.8. The number of alkyl carbamates (subject to hydrolysis) is 1. The fourth-order valence-corrected chi connectivity index (χ4v) is 4.08. The SMILES string of the molecule is C#Cc1ccc(C(C(=O)NCCCCC)N(CCCCCC)C(=O)C(CS)NC(=O)OC(C)(C)C)cc1. The lowest BCUT2D eigenvalue weighted by Gasteiger charge is -2.34. The molecule has 0 spiro atoms. The monoisotopic (exact) mass is 531 g/mol. The molecule has 0 aromatic heterocycles. The van der Waals surface area contributed by atoms with E-state index in [0.717, 1.165) is 44.9 Å². The van der Waals surface area contributed by atoms with Crippen LogP contribution in [0.1, 0.15) is 96.7 Å². The standard InChI is InChI=1S/C29H45N3O4S/c1-7-10-12-14-20-32(27(34)24(21-37)31-28(35)36-29(4,5)6)25(26(33)30-19-13-11-8-2)23-17-15-22(9-3)16-18-23/h3,15-18,24-25,37H,7-8,10-14,19-21H2,1-2,4-6H3,(H,30,33)(H,31,35). The van der Waals surface area contributed by atoms with Crippen LogP contribution in [0.2, 0.25) is 0 Å². The average Bonchev–Trinajstić information content (AvgIpc) is 2.85. The van der Waals surface area contributed by atoms with Crippen LogP contribution in [0.5, 0.6) is 0 Å². The summed E-state index contributed by atoms with van der Waals surface area (Å²) in [5.74, 6) is 2.00. The molecule has 0 aliphatic heterocycles. The lowest BCUT2D eigenvalue weighted by molar-refractivity contribution is -0.142. The number of carbonyl (C=O) groups excluding carboxylic acids is 3. The largest absolute Gasteiger partial charge is 0.444 e. The number of unbranched alkanes of at least 4 members (excludes halogenated alkanes) is 5. The van der Waals surface area contributed by atoms with E-state index in [9.17, 15) is 14.4 Å². The Balaban J connectivity index is 3.34. The molecule has 37 heavy (non-hydrogen) atoms. The lowest BCUT2D eigenvalue weighted by atomic mass is 10.0. The molecule has 0 aliphatic rings. The van der Waals surface area contributed by atoms with Gasteiger partial charge >= 0.3 is 6.09 Å². The van der Waals surface area contributed by atoms with Gasteiger partial charge in [0.2, 0.25) is 11.8 Å². The van der Waals surface area contributed by atoms with Crippen LogP contribution in [-0.4, -0.2) is 53.3 Å². The van der Waals surface area contributed by atoms with Crippen molar-refractivity contribution in [3.8, 4) is 12.3 Å². The van der Waals surface area contributed by atoms with Crippen LogP contribution in [0.25, 0.3) is 0 Å². The van der Waals surface area contributed by atoms with E-state index in [1.807, 2.05) is 0 Å². The van der Waals surface area contributed by atoms with Crippen LogP contribution in [0.3, 0.4) is 0 Å². The van der Waals surface area contributed by atoms with E-state index >= 15 is 0 Å². The first kappa shape index (κ1) is 32.4. The van der Waals surface area contributed by atoms with Crippen molar-refractivity contribution in [2.24, 2.45) is 0 Å². The highest BCUT2D eigenvalue weighted by Gasteiger charge is 2.35. The molecule has 0 aliphatic carbocycles. The van der Waals surface area contributed by atoms with Gasteiger partial charge in [0.05, 0.1) is 0 Å². The molecular formula is C29H45N3O4S. The molecule has 206 valence electrons. The number of carbonyl (C=O) groups is 3. The van der Waals surface area contributed by atoms with E-state index in [0.29, 0.717) is 24.2 Å². The molecule has 0 saturated carbocycles. The van der Waals surface area contributed by atoms with Crippen molar-refractivity contribution >= 4 is 30.5 Å². The molecule has 1 aromatic carbocycles. The summed E-state index contributed by atoms with van der Waals surface area (Å²) in [5.41, 5.74) is 0.630. The van der Waals surface area contributed by atoms with E-state index in [2.05, 4.69) is 43.0 Å². The van der Waals surface area contributed by atoms with Crippen molar-refractivity contribution in [3.63, 3.8) is 0 Å². The third-order valence-electron chi connectivity index (χ3n) is 5.74. The highest BCUT2D eigenvalue weighted by Crippen LogP contribution is 2.24. The summed E-state index contributed by atoms with van der Waals surface area (Å²) in [7, 11) is 0. The Morgan fingerprint density at radius 2 is 1.65 bits per heavy atom. The third-order valence-corrected chi connectivity index (χ3v) is 6.11. The Bertz CT molecular complexity index is 890. The molecule has 0 heterocycles. The zero-order valence-electron chi connectivity index (χ0n) is 23.1. The molecule has 1 rings (SSSR count). The number of amides is 3. The summed E-state index contributed by atoms with van der Waals surface area (Å²) >= 11 is 4.33. The quantitative estimate of drug-likeness (QED) is 0.164. The summed E-state index contributed by atoms with van der Waals surface area (Å²) in [6.45, 7) is 10.4. The Morgan fingerprint density at radius 3 is 2.19 bits per heavy atom. The van der Waals surface area contributed by atoms with Crippen molar-refractivity contribution < 1.29 is 19.1 Å². The number of nitrogens with one attached hydrogen (secondary N) is 2. The van der Waals surface area contributed by atoms with Gasteiger partial charge < -0.3 is 20.3 Å². The summed E-state index contributed by atoms with van der Waals surface area (Å²) in [5, 5.41) is 5.65. The van der Waals surface area contributed by atoms with Gasteiger partial charge in [-0.05, 0) is 51.3 Å². The van der Waals surface area contributed by atoms with Gasteiger partial charge in [0.1, 0.15) is 17.7 Å². The maximum Gasteiger partial charge on any atom is 0.408 e. The van der Waals surface area contributed by atoms with Gasteiger partial charge in [0, 0.05) is 24.4 Å². The summed E-state index contributed by atoms with van der Waals surface area (Å²) < 4.78 is 5.35. The van der Waals surface area contributed by atoms with Crippen molar-refractivity contribution in [2.45, 2.75) is 97.2 Å². The Hall–Kier alpha value is -2.66. The molecule has 2 unspecified atom stereocenters. The molecule has 0 radical (unpaired) electrons. The zero-order chi connectivity index (χ0) is 27.8. The number of hydrogen-bond acceptors (Lipinski definition) is 5. The van der Waals surface area contributed by atoms with Crippen LogP contribution >= 0.6 is 12.6 Å². The predicted molar refractivity (Wildman–Crippen MR) is 153 cm³/mol. The van der Waals surface area contributed by atoms with Crippen molar-refractivity contribution in [3.05, 3.63) is 35.4 Å². The van der Waals surface area contributed by atoms with Gasteiger partial charge in [-0.25, -0.2) is 4.79 Å². The van der Waals surface area contributed by atoms with E-state index in [1.54, 1.807) is 49.9 Å². The van der Waals surface area contributed by atoms with Crippen molar-refractivity contribution in [1.29, 1.82) is 0 Å². The molecule has 1 aromatic rings. The van der Waals surface area contributed by atoms with Gasteiger partial charge in [0.15, 0.2) is 0 Å². The summed E-state index contributed by atoms with van der Waals surface area (Å²) in [6.07, 6.45) is 11.4. The van der Waals surface area contributed by atoms with E-state index in [1.165, 1.54) is 0 Å². The van der Waals surface area contributed by atoms with Gasteiger partial charge in [-0.3, -0.25) is 9.59 Å². The molecule has 2 N–H and O–H groups in total. The first-order valence-corrected chi connectivity index (χ1v) is 14.0. The number of benzene rings is 1. The van der Waals surface area contributed by atoms with Crippen LogP contribution in [-0.2, 0) is 14.3 Å². The van der Waals surface area contributed by atoms with E-state index in [-0.39, 0.29) is 17.6 Å². The number of ether oxygens (including phenoxy) is 1. The molecular weight excluding hydrogens is 486 g/mol. The maximum absolute atomic E-state index is 13.9. The second-order valence-corrected chi connectivity index (χ2v) is 10.5. The topological polar surface area (TPSA) is 87.7 Å². The van der Waals surface area contributed by atoms with Crippen LogP contribution in [0.15, 0.2) is 24.3 Å². The smallest absolute Gasteiger partial charge is 0.408 e. The number of rotatable bonds is 15. The minimum Gasteiger partial charge on any atom is -0.444 e. The Labute approximate surface area is 228 Å².